The summed E-state index contributed by atoms with van der Waals surface area (Å²) >= 11 is 0. The van der Waals surface area contributed by atoms with Crippen molar-refractivity contribution in [2.75, 3.05) is 32.8 Å². The van der Waals surface area contributed by atoms with Crippen molar-refractivity contribution in [1.29, 1.82) is 0 Å². The Hall–Kier alpha value is -2.92. The topological polar surface area (TPSA) is 58.6 Å². The number of carbonyl (C=O) groups is 2. The van der Waals surface area contributed by atoms with Crippen LogP contribution in [0, 0.1) is 5.92 Å². The molecule has 5 nitrogen and oxygen atoms in total. The van der Waals surface area contributed by atoms with Gasteiger partial charge in [-0.15, -0.1) is 0 Å². The second kappa shape index (κ2) is 11.0. The number of nitrogens with one attached hydrogen (secondary N) is 1. The monoisotopic (exact) mass is 460 g/mol. The highest BCUT2D eigenvalue weighted by molar-refractivity contribution is 6.00. The van der Waals surface area contributed by atoms with Gasteiger partial charge in [0, 0.05) is 19.6 Å². The average molecular weight is 461 g/mol. The summed E-state index contributed by atoms with van der Waals surface area (Å²) in [5, 5.41) is 3.18. The molecular weight excluding hydrogens is 424 g/mol. The summed E-state index contributed by atoms with van der Waals surface area (Å²) in [6.07, 6.45) is 7.71. The summed E-state index contributed by atoms with van der Waals surface area (Å²) in [4.78, 5) is 28.2. The highest BCUT2D eigenvalue weighted by atomic mass is 16.5. The van der Waals surface area contributed by atoms with Gasteiger partial charge in [0.1, 0.15) is 5.41 Å². The molecule has 0 spiro atoms. The Morgan fingerprint density at radius 3 is 2.38 bits per heavy atom. The normalized spacial score (nSPS) is 18.9. The van der Waals surface area contributed by atoms with Crippen LogP contribution < -0.4 is 5.32 Å². The number of ether oxygens (including phenoxy) is 1. The Morgan fingerprint density at radius 2 is 1.74 bits per heavy atom. The van der Waals surface area contributed by atoms with Crippen molar-refractivity contribution in [3.8, 4) is 11.1 Å². The number of piperidine rings is 1. The predicted molar refractivity (Wildman–Crippen MR) is 136 cm³/mol. The van der Waals surface area contributed by atoms with E-state index in [1.54, 1.807) is 0 Å². The van der Waals surface area contributed by atoms with Crippen LogP contribution in [-0.4, -0.2) is 49.6 Å². The average Bonchev–Trinajstić information content (AvgIpc) is 3.16. The van der Waals surface area contributed by atoms with Gasteiger partial charge in [-0.2, -0.15) is 0 Å². The van der Waals surface area contributed by atoms with Gasteiger partial charge in [-0.05, 0) is 61.4 Å². The van der Waals surface area contributed by atoms with Crippen LogP contribution in [-0.2, 0) is 19.7 Å². The Morgan fingerprint density at radius 1 is 1.06 bits per heavy atom. The van der Waals surface area contributed by atoms with E-state index in [4.69, 9.17) is 4.74 Å². The summed E-state index contributed by atoms with van der Waals surface area (Å²) in [7, 11) is 0. The highest BCUT2D eigenvalue weighted by Gasteiger charge is 2.47. The molecule has 2 aliphatic rings. The number of hydrogen-bond donors (Lipinski definition) is 1. The third-order valence-electron chi connectivity index (χ3n) is 7.07. The number of fused-ring (bicyclic) bond motifs is 3. The molecule has 1 aliphatic heterocycles. The van der Waals surface area contributed by atoms with E-state index < -0.39 is 5.41 Å². The minimum atomic E-state index is -0.728. The fraction of sp³-hybridized carbons (Fsp3) is 0.448. The van der Waals surface area contributed by atoms with Gasteiger partial charge in [-0.1, -0.05) is 67.6 Å². The molecular formula is C29H36N2O3. The summed E-state index contributed by atoms with van der Waals surface area (Å²) in [5.41, 5.74) is 3.72. The van der Waals surface area contributed by atoms with Crippen LogP contribution in [0.5, 0.6) is 0 Å². The minimum Gasteiger partial charge on any atom is -0.466 e. The predicted octanol–water partition coefficient (Wildman–Crippen LogP) is 4.70. The first-order chi connectivity index (χ1) is 16.6. The Balaban J connectivity index is 1.55. The molecule has 0 bridgehead atoms. The maximum atomic E-state index is 13.7. The van der Waals surface area contributed by atoms with Crippen LogP contribution in [0.3, 0.4) is 0 Å². The van der Waals surface area contributed by atoms with E-state index in [1.165, 1.54) is 0 Å². The van der Waals surface area contributed by atoms with Gasteiger partial charge in [-0.25, -0.2) is 0 Å². The third-order valence-corrected chi connectivity index (χ3v) is 7.07. The Kier molecular flexibility index (Phi) is 7.84. The van der Waals surface area contributed by atoms with Crippen molar-refractivity contribution in [1.82, 2.24) is 10.2 Å². The summed E-state index contributed by atoms with van der Waals surface area (Å²) < 4.78 is 5.23. The zero-order chi connectivity index (χ0) is 24.0. The first kappa shape index (κ1) is 24.2. The first-order valence-electron chi connectivity index (χ1n) is 12.6. The first-order valence-corrected chi connectivity index (χ1v) is 12.6. The molecule has 4 rings (SSSR count). The van der Waals surface area contributed by atoms with E-state index in [-0.39, 0.29) is 17.8 Å². The van der Waals surface area contributed by atoms with Gasteiger partial charge in [0.05, 0.1) is 12.5 Å². The van der Waals surface area contributed by atoms with Crippen LogP contribution in [0.2, 0.25) is 0 Å². The highest BCUT2D eigenvalue weighted by Crippen LogP contribution is 2.51. The molecule has 0 radical (unpaired) electrons. The number of allylic oxidation sites excluding steroid dienone is 1. The number of rotatable bonds is 9. The van der Waals surface area contributed by atoms with Crippen LogP contribution in [0.25, 0.3) is 11.1 Å². The van der Waals surface area contributed by atoms with Crippen molar-refractivity contribution in [2.24, 2.45) is 5.92 Å². The molecule has 0 saturated carbocycles. The molecule has 1 atom stereocenters. The van der Waals surface area contributed by atoms with Crippen LogP contribution in [0.4, 0.5) is 0 Å². The second-order valence-electron chi connectivity index (χ2n) is 9.28. The molecule has 1 N–H and O–H groups in total. The SMILES string of the molecule is CCCNC(=O)C1(C/C=C\CN2CCCC(C(=O)OCC)C2)c2ccccc2-c2ccccc21. The van der Waals surface area contributed by atoms with E-state index in [1.807, 2.05) is 31.2 Å². The Labute approximate surface area is 203 Å². The van der Waals surface area contributed by atoms with Crippen molar-refractivity contribution < 1.29 is 14.3 Å². The number of amides is 1. The molecule has 180 valence electrons. The molecule has 1 fully saturated rings. The minimum absolute atomic E-state index is 0.0400. The zero-order valence-corrected chi connectivity index (χ0v) is 20.4. The number of likely N-dealkylation sites (tertiary alicyclic amines) is 1. The molecule has 2 aromatic carbocycles. The van der Waals surface area contributed by atoms with Gasteiger partial charge in [0.2, 0.25) is 5.91 Å². The summed E-state index contributed by atoms with van der Waals surface area (Å²) in [5.74, 6) is -0.0551. The van der Waals surface area contributed by atoms with Gasteiger partial charge in [0.15, 0.2) is 0 Å². The lowest BCUT2D eigenvalue weighted by Crippen LogP contribution is -2.44. The van der Waals surface area contributed by atoms with Gasteiger partial charge in [0.25, 0.3) is 0 Å². The Bertz CT molecular complexity index is 1000. The van der Waals surface area contributed by atoms with Crippen molar-refractivity contribution in [3.63, 3.8) is 0 Å². The fourth-order valence-corrected chi connectivity index (χ4v) is 5.43. The van der Waals surface area contributed by atoms with Crippen molar-refractivity contribution in [2.45, 2.75) is 44.9 Å². The van der Waals surface area contributed by atoms with Crippen molar-refractivity contribution >= 4 is 11.9 Å². The molecule has 5 heteroatoms. The summed E-state index contributed by atoms with van der Waals surface area (Å²) in [6.45, 7) is 7.51. The standard InChI is InChI=1S/C29H36N2O3/c1-3-18-30-28(33)29(25-15-7-5-13-23(25)24-14-6-8-16-26(24)29)17-9-10-19-31-20-11-12-22(21-31)27(32)34-4-2/h5-10,13-16,22H,3-4,11-12,17-21H2,1-2H3,(H,30,33)/b10-9-. The quantitative estimate of drug-likeness (QED) is 0.435. The number of carbonyl (C=O) groups excluding carboxylic acids is 2. The van der Waals surface area contributed by atoms with Crippen LogP contribution in [0.15, 0.2) is 60.7 Å². The van der Waals surface area contributed by atoms with E-state index >= 15 is 0 Å². The molecule has 1 aliphatic carbocycles. The smallest absolute Gasteiger partial charge is 0.310 e. The molecule has 2 aromatic rings. The number of nitrogens with zero attached hydrogens (tertiary/aromatic N) is 1. The van der Waals surface area contributed by atoms with Crippen LogP contribution >= 0.6 is 0 Å². The zero-order valence-electron chi connectivity index (χ0n) is 20.4. The molecule has 0 aromatic heterocycles. The third kappa shape index (κ3) is 4.67. The van der Waals surface area contributed by atoms with Gasteiger partial charge < -0.3 is 10.1 Å². The lowest BCUT2D eigenvalue weighted by atomic mass is 9.74. The van der Waals surface area contributed by atoms with Crippen LogP contribution in [0.1, 0.15) is 50.7 Å². The molecule has 1 saturated heterocycles. The second-order valence-corrected chi connectivity index (χ2v) is 9.28. The largest absolute Gasteiger partial charge is 0.466 e. The number of benzene rings is 2. The molecule has 1 unspecified atom stereocenters. The van der Waals surface area contributed by atoms with E-state index in [9.17, 15) is 9.59 Å². The van der Waals surface area contributed by atoms with E-state index in [2.05, 4.69) is 53.6 Å². The number of hydrogen-bond acceptors (Lipinski definition) is 4. The summed E-state index contributed by atoms with van der Waals surface area (Å²) in [6, 6.07) is 16.6. The van der Waals surface area contributed by atoms with E-state index in [0.717, 1.165) is 61.2 Å². The lowest BCUT2D eigenvalue weighted by Gasteiger charge is -2.31. The maximum Gasteiger partial charge on any atom is 0.310 e. The lowest BCUT2D eigenvalue weighted by molar-refractivity contribution is -0.149. The molecule has 1 amide bonds. The van der Waals surface area contributed by atoms with Gasteiger partial charge in [-0.3, -0.25) is 14.5 Å². The molecule has 34 heavy (non-hydrogen) atoms. The maximum absolute atomic E-state index is 13.7. The fourth-order valence-electron chi connectivity index (χ4n) is 5.43. The molecule has 1 heterocycles. The van der Waals surface area contributed by atoms with E-state index in [0.29, 0.717) is 19.6 Å². The van der Waals surface area contributed by atoms with Gasteiger partial charge >= 0.3 is 5.97 Å². The number of esters is 1. The van der Waals surface area contributed by atoms with Crippen molar-refractivity contribution in [3.05, 3.63) is 71.8 Å².